The molecule has 0 spiro atoms. The number of benzene rings is 1. The fraction of sp³-hybridized carbons (Fsp3) is 0.500. The number of ether oxygens (including phenoxy) is 1. The molecule has 3 N–H and O–H groups in total. The first-order valence-corrected chi connectivity index (χ1v) is 7.36. The van der Waals surface area contributed by atoms with Gasteiger partial charge in [-0.3, -0.25) is 4.79 Å². The van der Waals surface area contributed by atoms with Crippen LogP contribution < -0.4 is 11.1 Å². The van der Waals surface area contributed by atoms with Gasteiger partial charge < -0.3 is 20.7 Å². The predicted octanol–water partition coefficient (Wildman–Crippen LogP) is 1.80. The van der Waals surface area contributed by atoms with Crippen molar-refractivity contribution in [3.8, 4) is 0 Å². The summed E-state index contributed by atoms with van der Waals surface area (Å²) in [6, 6.07) is 5.49. The number of nitrogens with zero attached hydrogens (tertiary/aromatic N) is 1. The first-order chi connectivity index (χ1) is 10.4. The lowest BCUT2D eigenvalue weighted by atomic mass is 9.96. The highest BCUT2D eigenvalue weighted by atomic mass is 16.5. The Morgan fingerprint density at radius 2 is 2.00 bits per heavy atom. The van der Waals surface area contributed by atoms with Gasteiger partial charge in [0, 0.05) is 19.3 Å². The normalized spacial score (nSPS) is 21.0. The Balaban J connectivity index is 2.26. The zero-order valence-corrected chi connectivity index (χ0v) is 13.3. The van der Waals surface area contributed by atoms with Crippen molar-refractivity contribution in [1.82, 2.24) is 4.90 Å². The Morgan fingerprint density at radius 3 is 2.55 bits per heavy atom. The van der Waals surface area contributed by atoms with Gasteiger partial charge in [-0.05, 0) is 37.8 Å². The van der Waals surface area contributed by atoms with Gasteiger partial charge in [0.2, 0.25) is 5.91 Å². The Kier molecular flexibility index (Phi) is 4.71. The van der Waals surface area contributed by atoms with Crippen LogP contribution in [0.5, 0.6) is 0 Å². The fourth-order valence-electron chi connectivity index (χ4n) is 3.08. The van der Waals surface area contributed by atoms with Crippen LogP contribution in [-0.2, 0) is 9.53 Å². The molecule has 120 valence electrons. The van der Waals surface area contributed by atoms with Gasteiger partial charge in [-0.1, -0.05) is 18.2 Å². The summed E-state index contributed by atoms with van der Waals surface area (Å²) in [6.45, 7) is 4.47. The van der Waals surface area contributed by atoms with E-state index in [0.717, 1.165) is 23.2 Å². The van der Waals surface area contributed by atoms with Gasteiger partial charge in [-0.15, -0.1) is 0 Å². The molecular weight excluding hydrogens is 282 g/mol. The topological polar surface area (TPSA) is 84.7 Å². The summed E-state index contributed by atoms with van der Waals surface area (Å²) in [6.07, 6.45) is 1.25. The number of rotatable bonds is 4. The van der Waals surface area contributed by atoms with Crippen molar-refractivity contribution in [3.63, 3.8) is 0 Å². The Morgan fingerprint density at radius 1 is 1.36 bits per heavy atom. The molecular formula is C16H23N3O3. The number of nitrogens with two attached hydrogens (primary N) is 1. The van der Waals surface area contributed by atoms with Crippen LogP contribution in [0.2, 0.25) is 0 Å². The largest absolute Gasteiger partial charge is 0.382 e. The van der Waals surface area contributed by atoms with Crippen LogP contribution >= 0.6 is 0 Å². The number of hydrogen-bond acceptors (Lipinski definition) is 3. The van der Waals surface area contributed by atoms with E-state index in [2.05, 4.69) is 5.32 Å². The molecule has 0 saturated carbocycles. The number of methoxy groups -OCH3 is 1. The zero-order valence-electron chi connectivity index (χ0n) is 13.3. The van der Waals surface area contributed by atoms with E-state index >= 15 is 0 Å². The van der Waals surface area contributed by atoms with Gasteiger partial charge in [-0.2, -0.15) is 0 Å². The first kappa shape index (κ1) is 16.3. The molecule has 1 aliphatic rings. The highest BCUT2D eigenvalue weighted by molar-refractivity contribution is 5.97. The van der Waals surface area contributed by atoms with Crippen molar-refractivity contribution in [1.29, 1.82) is 0 Å². The van der Waals surface area contributed by atoms with E-state index in [1.807, 2.05) is 32.0 Å². The monoisotopic (exact) mass is 305 g/mol. The molecule has 1 unspecified atom stereocenters. The Labute approximate surface area is 130 Å². The summed E-state index contributed by atoms with van der Waals surface area (Å²) in [4.78, 5) is 26.1. The number of carbonyl (C=O) groups is 2. The first-order valence-electron chi connectivity index (χ1n) is 7.36. The summed E-state index contributed by atoms with van der Waals surface area (Å²) in [5.74, 6) is -0.525. The van der Waals surface area contributed by atoms with E-state index in [1.165, 1.54) is 12.0 Å². The van der Waals surface area contributed by atoms with Crippen molar-refractivity contribution in [2.45, 2.75) is 32.2 Å². The molecule has 6 heteroatoms. The standard InChI is InChI=1S/C16H23N3O3/c1-11-6-4-7-12(2)13(11)18-15(21)19-9-5-8-16(19,10-22-3)14(17)20/h4,6-7H,5,8-10H2,1-3H3,(H2,17,20)(H,18,21). The maximum absolute atomic E-state index is 12.7. The number of para-hydroxylation sites is 1. The molecule has 1 aliphatic heterocycles. The second-order valence-electron chi connectivity index (χ2n) is 5.78. The van der Waals surface area contributed by atoms with Gasteiger partial charge in [0.25, 0.3) is 0 Å². The molecule has 1 aromatic carbocycles. The minimum Gasteiger partial charge on any atom is -0.382 e. The fourth-order valence-corrected chi connectivity index (χ4v) is 3.08. The molecule has 0 aliphatic carbocycles. The summed E-state index contributed by atoms with van der Waals surface area (Å²) in [7, 11) is 1.50. The highest BCUT2D eigenvalue weighted by Gasteiger charge is 2.48. The van der Waals surface area contributed by atoms with Crippen molar-refractivity contribution in [2.24, 2.45) is 5.73 Å². The number of urea groups is 1. The van der Waals surface area contributed by atoms with E-state index in [-0.39, 0.29) is 12.6 Å². The van der Waals surface area contributed by atoms with Crippen LogP contribution in [0.1, 0.15) is 24.0 Å². The number of primary amides is 1. The number of anilines is 1. The van der Waals surface area contributed by atoms with Crippen LogP contribution in [0.4, 0.5) is 10.5 Å². The average Bonchev–Trinajstić information content (AvgIpc) is 2.88. The number of aryl methyl sites for hydroxylation is 2. The van der Waals surface area contributed by atoms with Crippen molar-refractivity contribution < 1.29 is 14.3 Å². The van der Waals surface area contributed by atoms with Gasteiger partial charge >= 0.3 is 6.03 Å². The SMILES string of the molecule is COCC1(C(N)=O)CCCN1C(=O)Nc1c(C)cccc1C. The smallest absolute Gasteiger partial charge is 0.322 e. The lowest BCUT2D eigenvalue weighted by Gasteiger charge is -2.35. The van der Waals surface area contributed by atoms with Gasteiger partial charge in [0.05, 0.1) is 6.61 Å². The molecule has 1 aromatic rings. The maximum atomic E-state index is 12.7. The molecule has 1 saturated heterocycles. The molecule has 3 amide bonds. The summed E-state index contributed by atoms with van der Waals surface area (Å²) < 4.78 is 5.15. The van der Waals surface area contributed by atoms with Crippen molar-refractivity contribution >= 4 is 17.6 Å². The summed E-state index contributed by atoms with van der Waals surface area (Å²) in [5, 5.41) is 2.91. The van der Waals surface area contributed by atoms with E-state index in [4.69, 9.17) is 10.5 Å². The molecule has 6 nitrogen and oxygen atoms in total. The molecule has 1 fully saturated rings. The molecule has 0 bridgehead atoms. The number of nitrogens with one attached hydrogen (secondary N) is 1. The summed E-state index contributed by atoms with van der Waals surface area (Å²) in [5.41, 5.74) is 7.22. The molecule has 2 rings (SSSR count). The molecule has 1 heterocycles. The number of likely N-dealkylation sites (tertiary alicyclic amines) is 1. The summed E-state index contributed by atoms with van der Waals surface area (Å²) >= 11 is 0. The third-order valence-electron chi connectivity index (χ3n) is 4.29. The van der Waals surface area contributed by atoms with Crippen LogP contribution in [0.3, 0.4) is 0 Å². The maximum Gasteiger partial charge on any atom is 0.322 e. The number of hydrogen-bond donors (Lipinski definition) is 2. The minimum atomic E-state index is -1.06. The van der Waals surface area contributed by atoms with E-state index < -0.39 is 11.4 Å². The molecule has 22 heavy (non-hydrogen) atoms. The second kappa shape index (κ2) is 6.36. The zero-order chi connectivity index (χ0) is 16.3. The Bertz CT molecular complexity index is 568. The lowest BCUT2D eigenvalue weighted by Crippen LogP contribution is -2.59. The van der Waals surface area contributed by atoms with Crippen LogP contribution in [-0.4, -0.2) is 42.6 Å². The van der Waals surface area contributed by atoms with Gasteiger partial charge in [0.15, 0.2) is 0 Å². The van der Waals surface area contributed by atoms with E-state index in [9.17, 15) is 9.59 Å². The van der Waals surface area contributed by atoms with Crippen LogP contribution in [0.15, 0.2) is 18.2 Å². The van der Waals surface area contributed by atoms with Crippen LogP contribution in [0, 0.1) is 13.8 Å². The lowest BCUT2D eigenvalue weighted by molar-refractivity contribution is -0.129. The van der Waals surface area contributed by atoms with E-state index in [1.54, 1.807) is 0 Å². The number of carbonyl (C=O) groups excluding carboxylic acids is 2. The predicted molar refractivity (Wildman–Crippen MR) is 84.7 cm³/mol. The molecule has 0 radical (unpaired) electrons. The van der Waals surface area contributed by atoms with Crippen molar-refractivity contribution in [3.05, 3.63) is 29.3 Å². The Hall–Kier alpha value is -2.08. The van der Waals surface area contributed by atoms with E-state index in [0.29, 0.717) is 13.0 Å². The van der Waals surface area contributed by atoms with Gasteiger partial charge in [-0.25, -0.2) is 4.79 Å². The highest BCUT2D eigenvalue weighted by Crippen LogP contribution is 2.31. The third kappa shape index (κ3) is 2.78. The van der Waals surface area contributed by atoms with Gasteiger partial charge in [0.1, 0.15) is 5.54 Å². The quantitative estimate of drug-likeness (QED) is 0.889. The second-order valence-corrected chi connectivity index (χ2v) is 5.78. The third-order valence-corrected chi connectivity index (χ3v) is 4.29. The van der Waals surface area contributed by atoms with Crippen LogP contribution in [0.25, 0.3) is 0 Å². The minimum absolute atomic E-state index is 0.114. The number of amides is 3. The molecule has 0 aromatic heterocycles. The molecule has 1 atom stereocenters. The van der Waals surface area contributed by atoms with Crippen molar-refractivity contribution in [2.75, 3.05) is 25.6 Å². The average molecular weight is 305 g/mol.